The van der Waals surface area contributed by atoms with Crippen molar-refractivity contribution in [1.29, 1.82) is 0 Å². The van der Waals surface area contributed by atoms with Crippen molar-refractivity contribution in [3.05, 3.63) is 76.9 Å². The fraction of sp³-hybridized carbons (Fsp3) is 0.174. The normalized spacial score (nSPS) is 15.9. The Bertz CT molecular complexity index is 1040. The Kier molecular flexibility index (Phi) is 5.94. The first-order chi connectivity index (χ1) is 13.8. The maximum absolute atomic E-state index is 13.0. The van der Waals surface area contributed by atoms with Crippen LogP contribution in [0, 0.1) is 13.8 Å². The van der Waals surface area contributed by atoms with E-state index in [1.165, 1.54) is 11.0 Å². The molecule has 0 aromatic heterocycles. The molecule has 0 aliphatic carbocycles. The molecule has 2 aromatic carbocycles. The average molecular weight is 406 g/mol. The number of hydrogen-bond donors (Lipinski definition) is 1. The molecule has 29 heavy (non-hydrogen) atoms. The van der Waals surface area contributed by atoms with Crippen molar-refractivity contribution in [3.8, 4) is 0 Å². The number of anilines is 2. The Hall–Kier alpha value is -3.25. The molecule has 3 rings (SSSR count). The number of amides is 2. The number of rotatable bonds is 4. The Balaban J connectivity index is 1.88. The minimum absolute atomic E-state index is 0.0423. The summed E-state index contributed by atoms with van der Waals surface area (Å²) in [4.78, 5) is 28.8. The molecule has 2 aromatic rings. The molecule has 0 radical (unpaired) electrons. The minimum Gasteiger partial charge on any atom is -0.378 e. The lowest BCUT2D eigenvalue weighted by atomic mass is 10.0. The molecule has 1 fully saturated rings. The van der Waals surface area contributed by atoms with Gasteiger partial charge >= 0.3 is 0 Å². The highest BCUT2D eigenvalue weighted by atomic mass is 32.1. The van der Waals surface area contributed by atoms with Crippen molar-refractivity contribution in [2.24, 2.45) is 0 Å². The summed E-state index contributed by atoms with van der Waals surface area (Å²) in [5.41, 5.74) is 4.77. The van der Waals surface area contributed by atoms with Gasteiger partial charge in [-0.1, -0.05) is 36.4 Å². The maximum Gasteiger partial charge on any atom is 0.270 e. The number of nitrogens with one attached hydrogen (secondary N) is 1. The van der Waals surface area contributed by atoms with Crippen LogP contribution in [0.2, 0.25) is 0 Å². The van der Waals surface area contributed by atoms with Gasteiger partial charge in [-0.25, -0.2) is 0 Å². The molecule has 6 heteroatoms. The van der Waals surface area contributed by atoms with E-state index < -0.39 is 11.8 Å². The number of aryl methyl sites for hydroxylation is 1. The van der Waals surface area contributed by atoms with Crippen molar-refractivity contribution < 1.29 is 9.59 Å². The van der Waals surface area contributed by atoms with Crippen molar-refractivity contribution >= 4 is 46.6 Å². The molecule has 1 aliphatic rings. The molecule has 1 aliphatic heterocycles. The summed E-state index contributed by atoms with van der Waals surface area (Å²) in [6.07, 6.45) is 5.08. The first-order valence-corrected chi connectivity index (χ1v) is 9.62. The van der Waals surface area contributed by atoms with Gasteiger partial charge in [0.05, 0.1) is 5.69 Å². The highest BCUT2D eigenvalue weighted by Gasteiger charge is 2.34. The van der Waals surface area contributed by atoms with E-state index in [0.29, 0.717) is 5.69 Å². The van der Waals surface area contributed by atoms with Gasteiger partial charge in [0.25, 0.3) is 11.8 Å². The Morgan fingerprint density at radius 1 is 1.03 bits per heavy atom. The van der Waals surface area contributed by atoms with Gasteiger partial charge in [-0.15, -0.1) is 0 Å². The number of carbonyl (C=O) groups excluding carboxylic acids is 2. The first kappa shape index (κ1) is 20.5. The average Bonchev–Trinajstić information content (AvgIpc) is 2.68. The molecule has 0 unspecified atom stereocenters. The molecule has 148 valence electrons. The van der Waals surface area contributed by atoms with E-state index in [0.717, 1.165) is 22.4 Å². The Morgan fingerprint density at radius 2 is 1.72 bits per heavy atom. The topological polar surface area (TPSA) is 52.7 Å². The summed E-state index contributed by atoms with van der Waals surface area (Å²) in [7, 11) is 3.96. The van der Waals surface area contributed by atoms with Crippen LogP contribution in [0.4, 0.5) is 11.4 Å². The van der Waals surface area contributed by atoms with Gasteiger partial charge in [-0.3, -0.25) is 19.8 Å². The second kappa shape index (κ2) is 8.41. The molecule has 1 saturated heterocycles. The third kappa shape index (κ3) is 4.27. The summed E-state index contributed by atoms with van der Waals surface area (Å²) in [5.74, 6) is -0.922. The standard InChI is InChI=1S/C23H23N3O2S/c1-15-7-5-10-20(16(15)2)26-22(28)19(21(27)24-23(26)29)9-6-8-17-11-13-18(14-12-17)25(3)4/h5-14H,1-4H3,(H,24,27,29)/b8-6+,19-9+. The first-order valence-electron chi connectivity index (χ1n) is 9.21. The zero-order chi connectivity index (χ0) is 21.1. The van der Waals surface area contributed by atoms with Gasteiger partial charge in [0.2, 0.25) is 0 Å². The van der Waals surface area contributed by atoms with E-state index >= 15 is 0 Å². The second-order valence-electron chi connectivity index (χ2n) is 7.04. The number of allylic oxidation sites excluding steroid dienone is 2. The molecule has 0 bridgehead atoms. The molecule has 2 amide bonds. The second-order valence-corrected chi connectivity index (χ2v) is 7.43. The summed E-state index contributed by atoms with van der Waals surface area (Å²) >= 11 is 5.27. The number of thiocarbonyl (C=S) groups is 1. The fourth-order valence-electron chi connectivity index (χ4n) is 3.01. The lowest BCUT2D eigenvalue weighted by molar-refractivity contribution is -0.122. The van der Waals surface area contributed by atoms with Gasteiger partial charge in [-0.05, 0) is 67.0 Å². The van der Waals surface area contributed by atoms with Gasteiger partial charge in [0.15, 0.2) is 5.11 Å². The number of hydrogen-bond acceptors (Lipinski definition) is 4. The third-order valence-corrected chi connectivity index (χ3v) is 5.16. The van der Waals surface area contributed by atoms with E-state index in [2.05, 4.69) is 5.32 Å². The molecule has 1 N–H and O–H groups in total. The van der Waals surface area contributed by atoms with E-state index in [1.807, 2.05) is 81.4 Å². The van der Waals surface area contributed by atoms with Crippen LogP contribution in [0.5, 0.6) is 0 Å². The molecule has 0 atom stereocenters. The van der Waals surface area contributed by atoms with E-state index in [-0.39, 0.29) is 10.7 Å². The van der Waals surface area contributed by atoms with Gasteiger partial charge < -0.3 is 4.90 Å². The van der Waals surface area contributed by atoms with Crippen molar-refractivity contribution in [2.45, 2.75) is 13.8 Å². The summed E-state index contributed by atoms with van der Waals surface area (Å²) < 4.78 is 0. The molecule has 5 nitrogen and oxygen atoms in total. The maximum atomic E-state index is 13.0. The van der Waals surface area contributed by atoms with Crippen molar-refractivity contribution in [2.75, 3.05) is 23.9 Å². The lowest BCUT2D eigenvalue weighted by Gasteiger charge is -2.30. The summed E-state index contributed by atoms with van der Waals surface area (Å²) in [5, 5.41) is 2.71. The highest BCUT2D eigenvalue weighted by molar-refractivity contribution is 7.80. The SMILES string of the molecule is Cc1cccc(N2C(=O)/C(=C/C=C/c3ccc(N(C)C)cc3)C(=O)NC2=S)c1C. The predicted molar refractivity (Wildman–Crippen MR) is 122 cm³/mol. The number of nitrogens with zero attached hydrogens (tertiary/aromatic N) is 2. The van der Waals surface area contributed by atoms with Crippen molar-refractivity contribution in [1.82, 2.24) is 5.32 Å². The van der Waals surface area contributed by atoms with Crippen molar-refractivity contribution in [3.63, 3.8) is 0 Å². The lowest BCUT2D eigenvalue weighted by Crippen LogP contribution is -2.54. The van der Waals surface area contributed by atoms with Crippen LogP contribution in [0.25, 0.3) is 6.08 Å². The largest absolute Gasteiger partial charge is 0.378 e. The summed E-state index contributed by atoms with van der Waals surface area (Å²) in [6.45, 7) is 3.90. The minimum atomic E-state index is -0.492. The van der Waals surface area contributed by atoms with Crippen LogP contribution in [0.15, 0.2) is 60.2 Å². The molecular weight excluding hydrogens is 382 g/mol. The highest BCUT2D eigenvalue weighted by Crippen LogP contribution is 2.26. The van der Waals surface area contributed by atoms with Gasteiger partial charge in [0, 0.05) is 19.8 Å². The fourth-order valence-corrected chi connectivity index (χ4v) is 3.29. The van der Waals surface area contributed by atoms with Crippen LogP contribution in [0.1, 0.15) is 16.7 Å². The molecule has 1 heterocycles. The zero-order valence-corrected chi connectivity index (χ0v) is 17.7. The van der Waals surface area contributed by atoms with Gasteiger partial charge in [-0.2, -0.15) is 0 Å². The molecule has 0 spiro atoms. The van der Waals surface area contributed by atoms with Gasteiger partial charge in [0.1, 0.15) is 5.57 Å². The van der Waals surface area contributed by atoms with Crippen LogP contribution >= 0.6 is 12.2 Å². The Morgan fingerprint density at radius 3 is 2.38 bits per heavy atom. The zero-order valence-electron chi connectivity index (χ0n) is 16.9. The van der Waals surface area contributed by atoms with Crippen LogP contribution < -0.4 is 15.1 Å². The molecule has 0 saturated carbocycles. The van der Waals surface area contributed by atoms with Crippen LogP contribution in [0.3, 0.4) is 0 Å². The number of benzene rings is 2. The quantitative estimate of drug-likeness (QED) is 0.478. The van der Waals surface area contributed by atoms with E-state index in [4.69, 9.17) is 12.2 Å². The van der Waals surface area contributed by atoms with E-state index in [1.54, 1.807) is 6.08 Å². The van der Waals surface area contributed by atoms with E-state index in [9.17, 15) is 9.59 Å². The number of carbonyl (C=O) groups is 2. The monoisotopic (exact) mass is 405 g/mol. The van der Waals surface area contributed by atoms with Crippen LogP contribution in [-0.2, 0) is 9.59 Å². The predicted octanol–water partition coefficient (Wildman–Crippen LogP) is 3.76. The van der Waals surface area contributed by atoms with Crippen LogP contribution in [-0.4, -0.2) is 31.0 Å². The third-order valence-electron chi connectivity index (χ3n) is 4.88. The smallest absolute Gasteiger partial charge is 0.270 e. The molecular formula is C23H23N3O2S. The summed E-state index contributed by atoms with van der Waals surface area (Å²) in [6, 6.07) is 13.6. The Labute approximate surface area is 176 Å².